The molecule has 0 atom stereocenters. The fraction of sp³-hybridized carbons (Fsp3) is 0.391. The van der Waals surface area contributed by atoms with Crippen LogP contribution in [0.4, 0.5) is 5.69 Å². The minimum absolute atomic E-state index is 0.0489. The Bertz CT molecular complexity index is 849. The molecule has 156 valence electrons. The Balaban J connectivity index is 1.98. The number of para-hydroxylation sites is 1. The van der Waals surface area contributed by atoms with Gasteiger partial charge in [-0.15, -0.1) is 0 Å². The molecule has 2 aromatic rings. The van der Waals surface area contributed by atoms with Crippen LogP contribution in [-0.2, 0) is 16.0 Å². The largest absolute Gasteiger partial charge is 0.493 e. The predicted molar refractivity (Wildman–Crippen MR) is 115 cm³/mol. The highest BCUT2D eigenvalue weighted by atomic mass is 16.5. The van der Waals surface area contributed by atoms with Crippen LogP contribution in [-0.4, -0.2) is 39.1 Å². The van der Waals surface area contributed by atoms with Crippen LogP contribution in [0.2, 0.25) is 0 Å². The second-order valence-electron chi connectivity index (χ2n) is 7.10. The molecule has 1 N–H and O–H groups in total. The average Bonchev–Trinajstić information content (AvgIpc) is 2.70. The maximum Gasteiger partial charge on any atom is 0.224 e. The van der Waals surface area contributed by atoms with E-state index in [0.29, 0.717) is 30.5 Å². The lowest BCUT2D eigenvalue weighted by atomic mass is 10.0. The summed E-state index contributed by atoms with van der Waals surface area (Å²) in [6, 6.07) is 13.3. The molecule has 6 heteroatoms. The summed E-state index contributed by atoms with van der Waals surface area (Å²) in [6.07, 6.45) is 0.225. The van der Waals surface area contributed by atoms with Gasteiger partial charge in [-0.2, -0.15) is 0 Å². The zero-order valence-electron chi connectivity index (χ0n) is 17.8. The summed E-state index contributed by atoms with van der Waals surface area (Å²) < 4.78 is 10.5. The molecule has 0 saturated heterocycles. The highest BCUT2D eigenvalue weighted by molar-refractivity contribution is 5.92. The molecular weight excluding hydrogens is 368 g/mol. The lowest BCUT2D eigenvalue weighted by molar-refractivity contribution is -0.121. The summed E-state index contributed by atoms with van der Waals surface area (Å²) in [5.74, 6) is 1.35. The quantitative estimate of drug-likeness (QED) is 0.702. The minimum Gasteiger partial charge on any atom is -0.493 e. The zero-order chi connectivity index (χ0) is 21.4. The maximum atomic E-state index is 12.3. The van der Waals surface area contributed by atoms with Crippen LogP contribution >= 0.6 is 0 Å². The van der Waals surface area contributed by atoms with Gasteiger partial charge in [0.1, 0.15) is 0 Å². The Morgan fingerprint density at radius 2 is 1.72 bits per heavy atom. The van der Waals surface area contributed by atoms with E-state index in [-0.39, 0.29) is 18.2 Å². The van der Waals surface area contributed by atoms with Gasteiger partial charge in [0.15, 0.2) is 11.5 Å². The first kappa shape index (κ1) is 22.3. The van der Waals surface area contributed by atoms with Crippen molar-refractivity contribution < 1.29 is 19.1 Å². The van der Waals surface area contributed by atoms with Crippen LogP contribution in [0, 0.1) is 0 Å². The van der Waals surface area contributed by atoms with Gasteiger partial charge in [-0.3, -0.25) is 9.59 Å². The molecule has 2 rings (SSSR count). The van der Waals surface area contributed by atoms with Crippen molar-refractivity contribution in [1.29, 1.82) is 0 Å². The van der Waals surface area contributed by atoms with E-state index in [4.69, 9.17) is 9.47 Å². The van der Waals surface area contributed by atoms with Crippen LogP contribution in [0.1, 0.15) is 37.8 Å². The Kier molecular flexibility index (Phi) is 8.07. The number of benzene rings is 2. The van der Waals surface area contributed by atoms with E-state index in [0.717, 1.165) is 16.8 Å². The van der Waals surface area contributed by atoms with Crippen molar-refractivity contribution in [3.05, 3.63) is 53.6 Å². The summed E-state index contributed by atoms with van der Waals surface area (Å²) in [5.41, 5.74) is 2.83. The van der Waals surface area contributed by atoms with Crippen LogP contribution in [0.25, 0.3) is 0 Å². The molecule has 0 aromatic heterocycles. The Labute approximate surface area is 172 Å². The van der Waals surface area contributed by atoms with E-state index >= 15 is 0 Å². The number of carbonyl (C=O) groups is 2. The summed E-state index contributed by atoms with van der Waals surface area (Å²) in [6.45, 7) is 6.53. The van der Waals surface area contributed by atoms with Crippen LogP contribution in [0.5, 0.6) is 11.5 Å². The number of carbonyl (C=O) groups excluding carboxylic acids is 2. The fourth-order valence-electron chi connectivity index (χ4n) is 3.21. The van der Waals surface area contributed by atoms with Crippen LogP contribution in [0.3, 0.4) is 0 Å². The highest BCUT2D eigenvalue weighted by Crippen LogP contribution is 2.28. The molecule has 2 aromatic carbocycles. The van der Waals surface area contributed by atoms with E-state index < -0.39 is 0 Å². The molecule has 0 unspecified atom stereocenters. The zero-order valence-corrected chi connectivity index (χ0v) is 17.8. The van der Waals surface area contributed by atoms with Crippen molar-refractivity contribution >= 4 is 17.5 Å². The number of amides is 2. The van der Waals surface area contributed by atoms with E-state index in [1.807, 2.05) is 30.3 Å². The van der Waals surface area contributed by atoms with Gasteiger partial charge in [0.05, 0.1) is 20.6 Å². The second kappa shape index (κ2) is 10.5. The molecule has 0 saturated carbocycles. The van der Waals surface area contributed by atoms with Crippen molar-refractivity contribution in [1.82, 2.24) is 5.32 Å². The number of ether oxygens (including phenoxy) is 2. The summed E-state index contributed by atoms with van der Waals surface area (Å²) >= 11 is 0. The van der Waals surface area contributed by atoms with Gasteiger partial charge in [-0.1, -0.05) is 38.1 Å². The smallest absolute Gasteiger partial charge is 0.224 e. The number of methoxy groups -OCH3 is 2. The van der Waals surface area contributed by atoms with Crippen molar-refractivity contribution in [2.75, 3.05) is 32.2 Å². The highest BCUT2D eigenvalue weighted by Gasteiger charge is 2.17. The van der Waals surface area contributed by atoms with Crippen molar-refractivity contribution in [3.8, 4) is 11.5 Å². The van der Waals surface area contributed by atoms with Crippen LogP contribution < -0.4 is 19.7 Å². The third-order valence-electron chi connectivity index (χ3n) is 4.70. The molecule has 0 heterocycles. The number of rotatable bonds is 9. The number of hydrogen-bond acceptors (Lipinski definition) is 4. The molecule has 0 radical (unpaired) electrons. The van der Waals surface area contributed by atoms with Crippen molar-refractivity contribution in [3.63, 3.8) is 0 Å². The van der Waals surface area contributed by atoms with Gasteiger partial charge in [-0.05, 0) is 35.2 Å². The number of nitrogens with zero attached hydrogens (tertiary/aromatic N) is 1. The average molecular weight is 399 g/mol. The topological polar surface area (TPSA) is 67.9 Å². The monoisotopic (exact) mass is 398 g/mol. The molecule has 0 aliphatic rings. The molecule has 2 amide bonds. The van der Waals surface area contributed by atoms with E-state index in [1.54, 1.807) is 38.2 Å². The van der Waals surface area contributed by atoms with Gasteiger partial charge in [0.2, 0.25) is 11.8 Å². The van der Waals surface area contributed by atoms with E-state index in [2.05, 4.69) is 19.2 Å². The third-order valence-corrected chi connectivity index (χ3v) is 4.70. The summed E-state index contributed by atoms with van der Waals surface area (Å²) in [7, 11) is 3.13. The lowest BCUT2D eigenvalue weighted by Gasteiger charge is -2.25. The molecule has 29 heavy (non-hydrogen) atoms. The van der Waals surface area contributed by atoms with Crippen molar-refractivity contribution in [2.24, 2.45) is 0 Å². The minimum atomic E-state index is -0.113. The normalized spacial score (nSPS) is 10.6. The molecule has 0 bridgehead atoms. The second-order valence-corrected chi connectivity index (χ2v) is 7.10. The first-order valence-electron chi connectivity index (χ1n) is 9.72. The Morgan fingerprint density at radius 3 is 2.34 bits per heavy atom. The van der Waals surface area contributed by atoms with Gasteiger partial charge in [0.25, 0.3) is 0 Å². The predicted octanol–water partition coefficient (Wildman–Crippen LogP) is 3.54. The first-order valence-corrected chi connectivity index (χ1v) is 9.72. The Hall–Kier alpha value is -3.02. The summed E-state index contributed by atoms with van der Waals surface area (Å²) in [5, 5.41) is 2.90. The fourth-order valence-corrected chi connectivity index (χ4v) is 3.21. The number of nitrogens with one attached hydrogen (secondary N) is 1. The van der Waals surface area contributed by atoms with Crippen molar-refractivity contribution in [2.45, 2.75) is 33.1 Å². The molecular formula is C23H30N2O4. The van der Waals surface area contributed by atoms with Crippen LogP contribution in [0.15, 0.2) is 42.5 Å². The number of anilines is 1. The number of hydrogen-bond donors (Lipinski definition) is 1. The first-order chi connectivity index (χ1) is 13.9. The van der Waals surface area contributed by atoms with Gasteiger partial charge in [-0.25, -0.2) is 0 Å². The van der Waals surface area contributed by atoms with E-state index in [1.165, 1.54) is 0 Å². The maximum absolute atomic E-state index is 12.3. The molecule has 0 spiro atoms. The van der Waals surface area contributed by atoms with Gasteiger partial charge in [0, 0.05) is 25.7 Å². The Morgan fingerprint density at radius 1 is 1.03 bits per heavy atom. The van der Waals surface area contributed by atoms with E-state index in [9.17, 15) is 9.59 Å². The molecule has 0 aliphatic heterocycles. The lowest BCUT2D eigenvalue weighted by Crippen LogP contribution is -2.38. The van der Waals surface area contributed by atoms with Gasteiger partial charge < -0.3 is 19.7 Å². The van der Waals surface area contributed by atoms with Gasteiger partial charge >= 0.3 is 0 Å². The summed E-state index contributed by atoms with van der Waals surface area (Å²) in [4.78, 5) is 26.3. The standard InChI is InChI=1S/C23H30N2O4/c1-16(2)19-8-6-7-9-20(19)25(17(3)26)13-12-24-23(27)15-18-10-11-21(28-4)22(14-18)29-5/h6-11,14,16H,12-13,15H2,1-5H3,(H,24,27). The third kappa shape index (κ3) is 5.98. The molecule has 6 nitrogen and oxygen atoms in total. The SMILES string of the molecule is COc1ccc(CC(=O)NCCN(C(C)=O)c2ccccc2C(C)C)cc1OC. The molecule has 0 fully saturated rings. The molecule has 0 aliphatic carbocycles.